The van der Waals surface area contributed by atoms with E-state index >= 15 is 0 Å². The van der Waals surface area contributed by atoms with Gasteiger partial charge in [-0.1, -0.05) is 41.9 Å². The van der Waals surface area contributed by atoms with Crippen molar-refractivity contribution in [2.75, 3.05) is 6.54 Å². The Kier molecular flexibility index (Phi) is 3.57. The lowest BCUT2D eigenvalue weighted by molar-refractivity contribution is 0.249. The normalized spacial score (nSPS) is 22.3. The van der Waals surface area contributed by atoms with E-state index < -0.39 is 0 Å². The van der Waals surface area contributed by atoms with Gasteiger partial charge in [-0.3, -0.25) is 0 Å². The molecule has 1 fully saturated rings. The number of hydrogen-bond acceptors (Lipinski definition) is 4. The molecule has 2 aromatic rings. The number of hydrogen-bond donors (Lipinski definition) is 1. The van der Waals surface area contributed by atoms with E-state index in [0.717, 1.165) is 37.5 Å². The van der Waals surface area contributed by atoms with Gasteiger partial charge in [0.1, 0.15) is 0 Å². The summed E-state index contributed by atoms with van der Waals surface area (Å²) >= 11 is 0. The summed E-state index contributed by atoms with van der Waals surface area (Å²) in [4.78, 5) is 4.62. The molecule has 0 radical (unpaired) electrons. The number of benzene rings is 1. The maximum Gasteiger partial charge on any atom is 0.246 e. The van der Waals surface area contributed by atoms with Crippen molar-refractivity contribution in [3.8, 4) is 0 Å². The second-order valence-corrected chi connectivity index (χ2v) is 5.65. The lowest BCUT2D eigenvalue weighted by Crippen LogP contribution is -2.36. The minimum atomic E-state index is -0.0994. The first kappa shape index (κ1) is 13.3. The van der Waals surface area contributed by atoms with Crippen LogP contribution in [0.1, 0.15) is 49.0 Å². The summed E-state index contributed by atoms with van der Waals surface area (Å²) in [6.07, 6.45) is 3.96. The smallest absolute Gasteiger partial charge is 0.246 e. The molecule has 4 nitrogen and oxygen atoms in total. The minimum absolute atomic E-state index is 0.0994. The van der Waals surface area contributed by atoms with Gasteiger partial charge in [-0.15, -0.1) is 0 Å². The molecule has 1 aromatic carbocycles. The standard InChI is InChI=1S/C16H21N3O/c1-3-16(8-5-9-17-16)15-18-14(19-20-15)11-13-7-4-6-12(2)10-13/h4,6-7,10,17H,3,5,8-9,11H2,1-2H3. The van der Waals surface area contributed by atoms with Crippen molar-refractivity contribution in [2.24, 2.45) is 0 Å². The SMILES string of the molecule is CCC1(c2nc(Cc3cccc(C)c3)no2)CCCN1. The third-order valence-corrected chi connectivity index (χ3v) is 4.17. The molecule has 4 heteroatoms. The molecule has 0 saturated carbocycles. The predicted octanol–water partition coefficient (Wildman–Crippen LogP) is 2.96. The third kappa shape index (κ3) is 2.48. The Morgan fingerprint density at radius 3 is 3.00 bits per heavy atom. The van der Waals surface area contributed by atoms with E-state index in [2.05, 4.69) is 53.6 Å². The highest BCUT2D eigenvalue weighted by Crippen LogP contribution is 2.32. The highest BCUT2D eigenvalue weighted by molar-refractivity contribution is 5.24. The average molecular weight is 271 g/mol. The molecule has 2 heterocycles. The Bertz CT molecular complexity index is 585. The zero-order valence-corrected chi connectivity index (χ0v) is 12.1. The molecule has 1 aliphatic heterocycles. The number of aryl methyl sites for hydroxylation is 1. The number of aromatic nitrogens is 2. The van der Waals surface area contributed by atoms with Crippen molar-refractivity contribution >= 4 is 0 Å². The van der Waals surface area contributed by atoms with Crippen LogP contribution < -0.4 is 5.32 Å². The summed E-state index contributed by atoms with van der Waals surface area (Å²) in [6, 6.07) is 8.43. The summed E-state index contributed by atoms with van der Waals surface area (Å²) in [6.45, 7) is 5.30. The topological polar surface area (TPSA) is 51.0 Å². The Hall–Kier alpha value is -1.68. The maximum absolute atomic E-state index is 5.52. The Morgan fingerprint density at radius 2 is 2.30 bits per heavy atom. The first-order valence-corrected chi connectivity index (χ1v) is 7.35. The van der Waals surface area contributed by atoms with Gasteiger partial charge in [-0.2, -0.15) is 4.98 Å². The highest BCUT2D eigenvalue weighted by atomic mass is 16.5. The lowest BCUT2D eigenvalue weighted by atomic mass is 9.94. The van der Waals surface area contributed by atoms with Crippen LogP contribution in [0.5, 0.6) is 0 Å². The predicted molar refractivity (Wildman–Crippen MR) is 77.5 cm³/mol. The van der Waals surface area contributed by atoms with Gasteiger partial charge in [-0.05, 0) is 38.3 Å². The van der Waals surface area contributed by atoms with Crippen molar-refractivity contribution in [1.82, 2.24) is 15.5 Å². The van der Waals surface area contributed by atoms with Crippen molar-refractivity contribution in [2.45, 2.75) is 45.1 Å². The number of nitrogens with one attached hydrogen (secondary N) is 1. The fourth-order valence-corrected chi connectivity index (χ4v) is 2.97. The van der Waals surface area contributed by atoms with E-state index in [4.69, 9.17) is 4.52 Å². The second kappa shape index (κ2) is 5.37. The summed E-state index contributed by atoms with van der Waals surface area (Å²) in [5.41, 5.74) is 2.38. The van der Waals surface area contributed by atoms with E-state index in [9.17, 15) is 0 Å². The molecule has 1 saturated heterocycles. The van der Waals surface area contributed by atoms with Gasteiger partial charge in [-0.25, -0.2) is 0 Å². The fraction of sp³-hybridized carbons (Fsp3) is 0.500. The molecule has 1 aliphatic rings. The quantitative estimate of drug-likeness (QED) is 0.929. The summed E-state index contributed by atoms with van der Waals surface area (Å²) in [5.74, 6) is 1.52. The first-order valence-electron chi connectivity index (χ1n) is 7.35. The van der Waals surface area contributed by atoms with E-state index in [1.807, 2.05) is 0 Å². The average Bonchev–Trinajstić information content (AvgIpc) is 3.08. The molecule has 3 rings (SSSR count). The molecular weight excluding hydrogens is 250 g/mol. The Labute approximate surface area is 119 Å². The van der Waals surface area contributed by atoms with Crippen molar-refractivity contribution < 1.29 is 4.52 Å². The molecule has 0 spiro atoms. The van der Waals surface area contributed by atoms with Crippen molar-refractivity contribution in [1.29, 1.82) is 0 Å². The van der Waals surface area contributed by atoms with Crippen LogP contribution in [-0.4, -0.2) is 16.7 Å². The largest absolute Gasteiger partial charge is 0.337 e. The maximum atomic E-state index is 5.52. The van der Waals surface area contributed by atoms with Crippen molar-refractivity contribution in [3.05, 3.63) is 47.1 Å². The van der Waals surface area contributed by atoms with Gasteiger partial charge in [0.25, 0.3) is 0 Å². The van der Waals surface area contributed by atoms with Crippen molar-refractivity contribution in [3.63, 3.8) is 0 Å². The van der Waals surface area contributed by atoms with E-state index in [-0.39, 0.29) is 5.54 Å². The first-order chi connectivity index (χ1) is 9.72. The van der Waals surface area contributed by atoms with Crippen LogP contribution >= 0.6 is 0 Å². The molecule has 1 unspecified atom stereocenters. The molecule has 0 aliphatic carbocycles. The molecule has 106 valence electrons. The zero-order chi connectivity index (χ0) is 14.0. The third-order valence-electron chi connectivity index (χ3n) is 4.17. The van der Waals surface area contributed by atoms with Crippen LogP contribution in [0, 0.1) is 6.92 Å². The molecule has 1 atom stereocenters. The Morgan fingerprint density at radius 1 is 1.40 bits per heavy atom. The van der Waals surface area contributed by atoms with Gasteiger partial charge in [0.05, 0.1) is 5.54 Å². The Balaban J connectivity index is 1.80. The minimum Gasteiger partial charge on any atom is -0.337 e. The van der Waals surface area contributed by atoms with Crippen LogP contribution in [0.2, 0.25) is 0 Å². The van der Waals surface area contributed by atoms with Gasteiger partial charge < -0.3 is 9.84 Å². The van der Waals surface area contributed by atoms with Gasteiger partial charge in [0.15, 0.2) is 5.82 Å². The number of nitrogens with zero attached hydrogens (tertiary/aromatic N) is 2. The van der Waals surface area contributed by atoms with Crippen LogP contribution in [0.15, 0.2) is 28.8 Å². The molecular formula is C16H21N3O. The molecule has 1 N–H and O–H groups in total. The molecule has 0 bridgehead atoms. The number of rotatable bonds is 4. The van der Waals surface area contributed by atoms with Gasteiger partial charge >= 0.3 is 0 Å². The monoisotopic (exact) mass is 271 g/mol. The fourth-order valence-electron chi connectivity index (χ4n) is 2.97. The lowest BCUT2D eigenvalue weighted by Gasteiger charge is -2.22. The molecule has 20 heavy (non-hydrogen) atoms. The van der Waals surface area contributed by atoms with Crippen LogP contribution in [0.3, 0.4) is 0 Å². The van der Waals surface area contributed by atoms with Crippen LogP contribution in [0.4, 0.5) is 0 Å². The highest BCUT2D eigenvalue weighted by Gasteiger charge is 2.38. The summed E-state index contributed by atoms with van der Waals surface area (Å²) in [5, 5.41) is 7.68. The van der Waals surface area contributed by atoms with E-state index in [0.29, 0.717) is 0 Å². The van der Waals surface area contributed by atoms with E-state index in [1.165, 1.54) is 17.5 Å². The van der Waals surface area contributed by atoms with Crippen LogP contribution in [-0.2, 0) is 12.0 Å². The van der Waals surface area contributed by atoms with Gasteiger partial charge in [0, 0.05) is 6.42 Å². The summed E-state index contributed by atoms with van der Waals surface area (Å²) in [7, 11) is 0. The van der Waals surface area contributed by atoms with Crippen LogP contribution in [0.25, 0.3) is 0 Å². The summed E-state index contributed by atoms with van der Waals surface area (Å²) < 4.78 is 5.52. The zero-order valence-electron chi connectivity index (χ0n) is 12.1. The molecule has 1 aromatic heterocycles. The second-order valence-electron chi connectivity index (χ2n) is 5.65. The van der Waals surface area contributed by atoms with E-state index in [1.54, 1.807) is 0 Å². The van der Waals surface area contributed by atoms with Gasteiger partial charge in [0.2, 0.25) is 5.89 Å². The molecule has 0 amide bonds.